The minimum atomic E-state index is -0.271. The molecular weight excluding hydrogens is 228 g/mol. The van der Waals surface area contributed by atoms with Crippen LogP contribution in [-0.4, -0.2) is 15.8 Å². The molecule has 0 saturated carbocycles. The van der Waals surface area contributed by atoms with E-state index in [1.165, 1.54) is 0 Å². The zero-order valence-corrected chi connectivity index (χ0v) is 10.7. The Kier molecular flexibility index (Phi) is 3.32. The number of urea groups is 1. The third kappa shape index (κ3) is 2.51. The number of rotatable bonds is 2. The molecule has 5 heteroatoms. The molecule has 0 radical (unpaired) electrons. The second-order valence-corrected chi connectivity index (χ2v) is 4.17. The Hall–Kier alpha value is -2.30. The van der Waals surface area contributed by atoms with Gasteiger partial charge in [0.15, 0.2) is 0 Å². The Morgan fingerprint density at radius 2 is 2.00 bits per heavy atom. The third-order valence-electron chi connectivity index (χ3n) is 2.92. The van der Waals surface area contributed by atoms with Gasteiger partial charge in [0.05, 0.1) is 6.20 Å². The topological polar surface area (TPSA) is 59.0 Å². The van der Waals surface area contributed by atoms with Gasteiger partial charge in [-0.05, 0) is 31.0 Å². The van der Waals surface area contributed by atoms with Crippen LogP contribution in [0.4, 0.5) is 16.3 Å². The fourth-order valence-electron chi connectivity index (χ4n) is 1.65. The van der Waals surface area contributed by atoms with Gasteiger partial charge in [-0.1, -0.05) is 12.1 Å². The van der Waals surface area contributed by atoms with Gasteiger partial charge < -0.3 is 5.32 Å². The number of amides is 2. The van der Waals surface area contributed by atoms with Crippen molar-refractivity contribution in [1.29, 1.82) is 0 Å². The van der Waals surface area contributed by atoms with Crippen molar-refractivity contribution < 1.29 is 4.79 Å². The Morgan fingerprint density at radius 1 is 1.22 bits per heavy atom. The predicted molar refractivity (Wildman–Crippen MR) is 71.8 cm³/mol. The van der Waals surface area contributed by atoms with Crippen molar-refractivity contribution in [2.24, 2.45) is 7.05 Å². The van der Waals surface area contributed by atoms with Gasteiger partial charge in [-0.25, -0.2) is 4.79 Å². The van der Waals surface area contributed by atoms with Crippen molar-refractivity contribution in [2.45, 2.75) is 13.8 Å². The summed E-state index contributed by atoms with van der Waals surface area (Å²) in [5, 5.41) is 9.54. The predicted octanol–water partition coefficient (Wildman–Crippen LogP) is 2.68. The van der Waals surface area contributed by atoms with Crippen LogP contribution in [0.25, 0.3) is 0 Å². The number of nitrogens with one attached hydrogen (secondary N) is 2. The molecule has 0 aliphatic rings. The molecule has 1 aromatic carbocycles. The lowest BCUT2D eigenvalue weighted by Gasteiger charge is -2.11. The van der Waals surface area contributed by atoms with E-state index in [-0.39, 0.29) is 6.03 Å². The highest BCUT2D eigenvalue weighted by molar-refractivity contribution is 5.99. The van der Waals surface area contributed by atoms with Gasteiger partial charge in [-0.3, -0.25) is 10.00 Å². The van der Waals surface area contributed by atoms with Crippen molar-refractivity contribution in [2.75, 3.05) is 10.6 Å². The molecular formula is C13H16N4O. The normalized spacial score (nSPS) is 10.2. The first kappa shape index (κ1) is 12.2. The van der Waals surface area contributed by atoms with E-state index in [9.17, 15) is 4.79 Å². The molecule has 0 unspecified atom stereocenters. The van der Waals surface area contributed by atoms with Crippen molar-refractivity contribution in [3.8, 4) is 0 Å². The summed E-state index contributed by atoms with van der Waals surface area (Å²) in [5.41, 5.74) is 3.03. The average Bonchev–Trinajstić information content (AvgIpc) is 2.71. The summed E-state index contributed by atoms with van der Waals surface area (Å²) >= 11 is 0. The second kappa shape index (κ2) is 4.91. The van der Waals surface area contributed by atoms with Gasteiger partial charge in [0.1, 0.15) is 5.82 Å². The number of nitrogens with zero attached hydrogens (tertiary/aromatic N) is 2. The smallest absolute Gasteiger partial charge is 0.307 e. The number of hydrogen-bond acceptors (Lipinski definition) is 2. The van der Waals surface area contributed by atoms with Crippen molar-refractivity contribution in [3.05, 3.63) is 41.6 Å². The van der Waals surface area contributed by atoms with Crippen LogP contribution in [0.3, 0.4) is 0 Å². The number of carbonyl (C=O) groups is 1. The first-order valence-corrected chi connectivity index (χ1v) is 5.70. The fraction of sp³-hybridized carbons (Fsp3) is 0.231. The van der Waals surface area contributed by atoms with Crippen LogP contribution in [0.2, 0.25) is 0 Å². The van der Waals surface area contributed by atoms with E-state index in [0.717, 1.165) is 16.8 Å². The number of aryl methyl sites for hydroxylation is 2. The molecule has 2 aromatic rings. The molecule has 18 heavy (non-hydrogen) atoms. The Balaban J connectivity index is 2.08. The van der Waals surface area contributed by atoms with Crippen LogP contribution in [0, 0.1) is 13.8 Å². The molecule has 1 aromatic heterocycles. The summed E-state index contributed by atoms with van der Waals surface area (Å²) in [6, 6.07) is 7.28. The zero-order chi connectivity index (χ0) is 13.1. The molecule has 0 bridgehead atoms. The minimum Gasteiger partial charge on any atom is -0.307 e. The minimum absolute atomic E-state index is 0.271. The summed E-state index contributed by atoms with van der Waals surface area (Å²) in [4.78, 5) is 11.8. The van der Waals surface area contributed by atoms with Crippen molar-refractivity contribution in [3.63, 3.8) is 0 Å². The molecule has 2 rings (SSSR count). The molecule has 0 aliphatic heterocycles. The molecule has 0 aliphatic carbocycles. The molecule has 1 heterocycles. The van der Waals surface area contributed by atoms with E-state index >= 15 is 0 Å². The number of hydrogen-bond donors (Lipinski definition) is 2. The lowest BCUT2D eigenvalue weighted by Crippen LogP contribution is -2.21. The molecule has 0 atom stereocenters. The van der Waals surface area contributed by atoms with Gasteiger partial charge in [0, 0.05) is 18.8 Å². The van der Waals surface area contributed by atoms with Crippen molar-refractivity contribution >= 4 is 17.5 Å². The summed E-state index contributed by atoms with van der Waals surface area (Å²) < 4.78 is 1.60. The Morgan fingerprint density at radius 3 is 2.67 bits per heavy atom. The highest BCUT2D eigenvalue weighted by Crippen LogP contribution is 2.18. The van der Waals surface area contributed by atoms with Crippen LogP contribution in [0.1, 0.15) is 11.1 Å². The summed E-state index contributed by atoms with van der Waals surface area (Å²) in [7, 11) is 1.77. The number of anilines is 2. The van der Waals surface area contributed by atoms with E-state index in [0.29, 0.717) is 5.82 Å². The molecule has 5 nitrogen and oxygen atoms in total. The summed E-state index contributed by atoms with van der Waals surface area (Å²) in [6.07, 6.45) is 1.63. The van der Waals surface area contributed by atoms with Gasteiger partial charge in [0.25, 0.3) is 0 Å². The monoisotopic (exact) mass is 244 g/mol. The maximum atomic E-state index is 11.8. The molecule has 94 valence electrons. The van der Waals surface area contributed by atoms with Crippen LogP contribution in [0.15, 0.2) is 30.5 Å². The van der Waals surface area contributed by atoms with E-state index in [1.807, 2.05) is 32.0 Å². The van der Waals surface area contributed by atoms with Gasteiger partial charge in [-0.15, -0.1) is 0 Å². The highest BCUT2D eigenvalue weighted by Gasteiger charge is 2.07. The SMILES string of the molecule is Cc1cccc(NC(=O)Nc2ccnn2C)c1C. The molecule has 2 N–H and O–H groups in total. The standard InChI is InChI=1S/C13H16N4O/c1-9-5-4-6-11(10(9)2)15-13(18)16-12-7-8-14-17(12)3/h4-8H,1-3H3,(H2,15,16,18). The number of benzene rings is 1. The Bertz CT molecular complexity index is 574. The summed E-state index contributed by atoms with van der Waals surface area (Å²) in [5.74, 6) is 0.651. The van der Waals surface area contributed by atoms with E-state index < -0.39 is 0 Å². The third-order valence-corrected chi connectivity index (χ3v) is 2.92. The lowest BCUT2D eigenvalue weighted by molar-refractivity contribution is 0.262. The van der Waals surface area contributed by atoms with Crippen LogP contribution < -0.4 is 10.6 Å². The van der Waals surface area contributed by atoms with Crippen LogP contribution in [0.5, 0.6) is 0 Å². The zero-order valence-electron chi connectivity index (χ0n) is 10.7. The van der Waals surface area contributed by atoms with Gasteiger partial charge in [0.2, 0.25) is 0 Å². The number of aromatic nitrogens is 2. The lowest BCUT2D eigenvalue weighted by atomic mass is 10.1. The Labute approximate surface area is 106 Å². The van der Waals surface area contributed by atoms with Crippen LogP contribution >= 0.6 is 0 Å². The molecule has 0 fully saturated rings. The maximum absolute atomic E-state index is 11.8. The largest absolute Gasteiger partial charge is 0.324 e. The van der Waals surface area contributed by atoms with E-state index in [4.69, 9.17) is 0 Å². The first-order chi connectivity index (χ1) is 8.58. The molecule has 0 spiro atoms. The maximum Gasteiger partial charge on any atom is 0.324 e. The second-order valence-electron chi connectivity index (χ2n) is 4.17. The van der Waals surface area contributed by atoms with Gasteiger partial charge in [-0.2, -0.15) is 5.10 Å². The quantitative estimate of drug-likeness (QED) is 0.853. The average molecular weight is 244 g/mol. The fourth-order valence-corrected chi connectivity index (χ4v) is 1.65. The van der Waals surface area contributed by atoms with Crippen molar-refractivity contribution in [1.82, 2.24) is 9.78 Å². The first-order valence-electron chi connectivity index (χ1n) is 5.70. The van der Waals surface area contributed by atoms with Gasteiger partial charge >= 0.3 is 6.03 Å². The van der Waals surface area contributed by atoms with E-state index in [1.54, 1.807) is 24.0 Å². The number of carbonyl (C=O) groups excluding carboxylic acids is 1. The highest BCUT2D eigenvalue weighted by atomic mass is 16.2. The molecule has 2 amide bonds. The molecule has 0 saturated heterocycles. The van der Waals surface area contributed by atoms with E-state index in [2.05, 4.69) is 15.7 Å². The van der Waals surface area contributed by atoms with Crippen LogP contribution in [-0.2, 0) is 7.05 Å². The summed E-state index contributed by atoms with van der Waals surface area (Å²) in [6.45, 7) is 3.99.